The number of hydrogen-bond donors (Lipinski definition) is 0. The molecule has 1 saturated heterocycles. The van der Waals surface area contributed by atoms with Crippen LogP contribution in [0.5, 0.6) is 0 Å². The maximum Gasteiger partial charge on any atom is 0.401 e. The van der Waals surface area contributed by atoms with Crippen molar-refractivity contribution in [3.05, 3.63) is 0 Å². The van der Waals surface area contributed by atoms with E-state index in [1.54, 1.807) is 0 Å². The van der Waals surface area contributed by atoms with Crippen molar-refractivity contribution in [1.29, 1.82) is 5.26 Å². The molecule has 1 unspecified atom stereocenters. The minimum atomic E-state index is -4.15. The van der Waals surface area contributed by atoms with E-state index in [-0.39, 0.29) is 12.5 Å². The van der Waals surface area contributed by atoms with Gasteiger partial charge in [0, 0.05) is 6.54 Å². The molecule has 5 heteroatoms. The monoisotopic (exact) mass is 206 g/mol. The lowest BCUT2D eigenvalue weighted by Gasteiger charge is -2.22. The average Bonchev–Trinajstić information content (AvgIpc) is 2.26. The summed E-state index contributed by atoms with van der Waals surface area (Å²) in [6.45, 7) is -0.168. The van der Waals surface area contributed by atoms with Gasteiger partial charge in [0.1, 0.15) is 0 Å². The first kappa shape index (κ1) is 11.3. The van der Waals surface area contributed by atoms with E-state index < -0.39 is 12.7 Å². The SMILES string of the molecule is N#CC1CCCCN(CC(F)(F)F)C1. The fourth-order valence-electron chi connectivity index (χ4n) is 1.72. The lowest BCUT2D eigenvalue weighted by Crippen LogP contribution is -2.36. The van der Waals surface area contributed by atoms with E-state index in [9.17, 15) is 13.2 Å². The van der Waals surface area contributed by atoms with Gasteiger partial charge in [0.2, 0.25) is 0 Å². The highest BCUT2D eigenvalue weighted by molar-refractivity contribution is 4.87. The van der Waals surface area contributed by atoms with E-state index in [0.717, 1.165) is 19.3 Å². The van der Waals surface area contributed by atoms with E-state index in [1.165, 1.54) is 4.90 Å². The normalized spacial score (nSPS) is 25.4. The minimum absolute atomic E-state index is 0.236. The second-order valence-corrected chi connectivity index (χ2v) is 3.67. The Labute approximate surface area is 81.3 Å². The van der Waals surface area contributed by atoms with Crippen LogP contribution in [0.15, 0.2) is 0 Å². The molecule has 1 aliphatic heterocycles. The summed E-state index contributed by atoms with van der Waals surface area (Å²) in [5.41, 5.74) is 0. The van der Waals surface area contributed by atoms with Crippen LogP contribution < -0.4 is 0 Å². The third kappa shape index (κ3) is 3.97. The maximum absolute atomic E-state index is 12.1. The average molecular weight is 206 g/mol. The number of hydrogen-bond acceptors (Lipinski definition) is 2. The molecule has 1 heterocycles. The Hall–Kier alpha value is -0.760. The maximum atomic E-state index is 12.1. The highest BCUT2D eigenvalue weighted by Crippen LogP contribution is 2.21. The van der Waals surface area contributed by atoms with Gasteiger partial charge in [0.25, 0.3) is 0 Å². The molecule has 1 rings (SSSR count). The summed E-state index contributed by atoms with van der Waals surface area (Å²) in [5, 5.41) is 8.67. The molecule has 0 bridgehead atoms. The Morgan fingerprint density at radius 1 is 1.36 bits per heavy atom. The predicted octanol–water partition coefficient (Wildman–Crippen LogP) is 2.17. The minimum Gasteiger partial charge on any atom is -0.294 e. The molecule has 0 aromatic rings. The molecule has 0 aromatic heterocycles. The Kier molecular flexibility index (Phi) is 3.76. The van der Waals surface area contributed by atoms with Gasteiger partial charge in [-0.1, -0.05) is 6.42 Å². The summed E-state index contributed by atoms with van der Waals surface area (Å²) < 4.78 is 36.2. The molecule has 0 saturated carbocycles. The summed E-state index contributed by atoms with van der Waals surface area (Å²) in [6, 6.07) is 2.05. The quantitative estimate of drug-likeness (QED) is 0.657. The zero-order valence-corrected chi connectivity index (χ0v) is 7.85. The van der Waals surface area contributed by atoms with Crippen molar-refractivity contribution in [2.24, 2.45) is 5.92 Å². The molecular weight excluding hydrogens is 193 g/mol. The van der Waals surface area contributed by atoms with Gasteiger partial charge in [-0.05, 0) is 19.4 Å². The van der Waals surface area contributed by atoms with E-state index >= 15 is 0 Å². The van der Waals surface area contributed by atoms with E-state index in [2.05, 4.69) is 6.07 Å². The Morgan fingerprint density at radius 2 is 2.07 bits per heavy atom. The van der Waals surface area contributed by atoms with Gasteiger partial charge in [-0.25, -0.2) is 0 Å². The second-order valence-electron chi connectivity index (χ2n) is 3.67. The van der Waals surface area contributed by atoms with Crippen molar-refractivity contribution in [2.75, 3.05) is 19.6 Å². The highest BCUT2D eigenvalue weighted by atomic mass is 19.4. The third-order valence-electron chi connectivity index (χ3n) is 2.34. The van der Waals surface area contributed by atoms with Crippen molar-refractivity contribution in [3.63, 3.8) is 0 Å². The second kappa shape index (κ2) is 4.65. The lowest BCUT2D eigenvalue weighted by atomic mass is 10.1. The van der Waals surface area contributed by atoms with Gasteiger partial charge in [-0.15, -0.1) is 0 Å². The number of alkyl halides is 3. The standard InChI is InChI=1S/C9H13F3N2/c10-9(11,12)7-14-4-2-1-3-8(5-13)6-14/h8H,1-4,6-7H2. The van der Waals surface area contributed by atoms with Crippen LogP contribution in [0.1, 0.15) is 19.3 Å². The van der Waals surface area contributed by atoms with Crippen LogP contribution in [-0.2, 0) is 0 Å². The van der Waals surface area contributed by atoms with Crippen LogP contribution in [0.2, 0.25) is 0 Å². The van der Waals surface area contributed by atoms with E-state index in [1.807, 2.05) is 0 Å². The topological polar surface area (TPSA) is 27.0 Å². The van der Waals surface area contributed by atoms with Crippen LogP contribution in [0.3, 0.4) is 0 Å². The van der Waals surface area contributed by atoms with Gasteiger partial charge in [0.15, 0.2) is 0 Å². The molecule has 0 radical (unpaired) electrons. The molecular formula is C9H13F3N2. The molecule has 1 atom stereocenters. The summed E-state index contributed by atoms with van der Waals surface area (Å²) in [7, 11) is 0. The van der Waals surface area contributed by atoms with E-state index in [0.29, 0.717) is 6.54 Å². The summed E-state index contributed by atoms with van der Waals surface area (Å²) >= 11 is 0. The molecule has 0 amide bonds. The summed E-state index contributed by atoms with van der Waals surface area (Å²) in [6.07, 6.45) is -1.81. The fourth-order valence-corrected chi connectivity index (χ4v) is 1.72. The third-order valence-corrected chi connectivity index (χ3v) is 2.34. The largest absolute Gasteiger partial charge is 0.401 e. The number of nitriles is 1. The first-order chi connectivity index (χ1) is 6.51. The Balaban J connectivity index is 2.48. The molecule has 0 N–H and O–H groups in total. The number of likely N-dealkylation sites (tertiary alicyclic amines) is 1. The number of rotatable bonds is 1. The lowest BCUT2D eigenvalue weighted by molar-refractivity contribution is -0.146. The molecule has 0 spiro atoms. The summed E-state index contributed by atoms with van der Waals surface area (Å²) in [5.74, 6) is -0.236. The molecule has 0 aromatic carbocycles. The highest BCUT2D eigenvalue weighted by Gasteiger charge is 2.32. The molecule has 2 nitrogen and oxygen atoms in total. The molecule has 0 aliphatic carbocycles. The van der Waals surface area contributed by atoms with Crippen molar-refractivity contribution in [1.82, 2.24) is 4.90 Å². The smallest absolute Gasteiger partial charge is 0.294 e. The fraction of sp³-hybridized carbons (Fsp3) is 0.889. The molecule has 14 heavy (non-hydrogen) atoms. The van der Waals surface area contributed by atoms with Crippen LogP contribution in [0, 0.1) is 17.2 Å². The number of halogens is 3. The Bertz CT molecular complexity index is 219. The molecule has 1 aliphatic rings. The van der Waals surface area contributed by atoms with Crippen molar-refractivity contribution in [3.8, 4) is 6.07 Å². The van der Waals surface area contributed by atoms with Crippen molar-refractivity contribution < 1.29 is 13.2 Å². The zero-order chi connectivity index (χ0) is 10.6. The Morgan fingerprint density at radius 3 is 2.64 bits per heavy atom. The zero-order valence-electron chi connectivity index (χ0n) is 7.85. The van der Waals surface area contributed by atoms with Crippen LogP contribution in [0.4, 0.5) is 13.2 Å². The molecule has 80 valence electrons. The van der Waals surface area contributed by atoms with Crippen LogP contribution in [-0.4, -0.2) is 30.7 Å². The van der Waals surface area contributed by atoms with Crippen molar-refractivity contribution >= 4 is 0 Å². The first-order valence-electron chi connectivity index (χ1n) is 4.70. The van der Waals surface area contributed by atoms with Gasteiger partial charge in [-0.3, -0.25) is 4.90 Å². The number of nitrogens with zero attached hydrogens (tertiary/aromatic N) is 2. The van der Waals surface area contributed by atoms with Crippen LogP contribution >= 0.6 is 0 Å². The van der Waals surface area contributed by atoms with Gasteiger partial charge < -0.3 is 0 Å². The van der Waals surface area contributed by atoms with Gasteiger partial charge in [0.05, 0.1) is 18.5 Å². The predicted molar refractivity (Wildman–Crippen MR) is 45.4 cm³/mol. The van der Waals surface area contributed by atoms with Crippen LogP contribution in [0.25, 0.3) is 0 Å². The summed E-state index contributed by atoms with van der Waals surface area (Å²) in [4.78, 5) is 1.33. The van der Waals surface area contributed by atoms with E-state index in [4.69, 9.17) is 5.26 Å². The first-order valence-corrected chi connectivity index (χ1v) is 4.70. The molecule has 1 fully saturated rings. The van der Waals surface area contributed by atoms with Crippen molar-refractivity contribution in [2.45, 2.75) is 25.4 Å². The van der Waals surface area contributed by atoms with Gasteiger partial charge >= 0.3 is 6.18 Å². The van der Waals surface area contributed by atoms with Gasteiger partial charge in [-0.2, -0.15) is 18.4 Å².